The van der Waals surface area contributed by atoms with Crippen LogP contribution in [-0.2, 0) is 0 Å². The summed E-state index contributed by atoms with van der Waals surface area (Å²) >= 11 is 6.01. The van der Waals surface area contributed by atoms with Crippen molar-refractivity contribution in [3.05, 3.63) is 29.5 Å². The summed E-state index contributed by atoms with van der Waals surface area (Å²) in [4.78, 5) is 11.1. The molecule has 1 N–H and O–H groups in total. The van der Waals surface area contributed by atoms with E-state index in [1.54, 1.807) is 0 Å². The van der Waals surface area contributed by atoms with E-state index in [2.05, 4.69) is 34.0 Å². The summed E-state index contributed by atoms with van der Waals surface area (Å²) in [6.07, 6.45) is 1.24. The fraction of sp³-hybridized carbons (Fsp3) is 0.500. The van der Waals surface area contributed by atoms with Crippen LogP contribution in [0.25, 0.3) is 10.9 Å². The van der Waals surface area contributed by atoms with Gasteiger partial charge in [0.05, 0.1) is 5.52 Å². The molecule has 0 saturated carbocycles. The quantitative estimate of drug-likeness (QED) is 0.879. The van der Waals surface area contributed by atoms with E-state index in [9.17, 15) is 0 Å². The average molecular weight is 305 g/mol. The van der Waals surface area contributed by atoms with Gasteiger partial charge in [-0.3, -0.25) is 0 Å². The Morgan fingerprint density at radius 1 is 1.33 bits per heavy atom. The van der Waals surface area contributed by atoms with E-state index in [0.717, 1.165) is 29.8 Å². The largest absolute Gasteiger partial charge is 0.369 e. The first-order chi connectivity index (χ1) is 10.1. The van der Waals surface area contributed by atoms with E-state index in [0.29, 0.717) is 17.2 Å². The van der Waals surface area contributed by atoms with Crippen molar-refractivity contribution < 1.29 is 0 Å². The number of benzene rings is 1. The molecule has 112 valence electrons. The van der Waals surface area contributed by atoms with Crippen LogP contribution in [0.5, 0.6) is 0 Å². The van der Waals surface area contributed by atoms with Gasteiger partial charge in [0.1, 0.15) is 5.82 Å². The minimum absolute atomic E-state index is 0.298. The van der Waals surface area contributed by atoms with E-state index in [1.807, 2.05) is 24.3 Å². The van der Waals surface area contributed by atoms with Gasteiger partial charge in [0.15, 0.2) is 0 Å². The summed E-state index contributed by atoms with van der Waals surface area (Å²) in [5, 5.41) is 4.79. The second-order valence-electron chi connectivity index (χ2n) is 5.98. The van der Waals surface area contributed by atoms with Crippen molar-refractivity contribution in [2.45, 2.75) is 26.3 Å². The van der Waals surface area contributed by atoms with Crippen LogP contribution in [0.3, 0.4) is 0 Å². The number of anilines is 1. The zero-order valence-corrected chi connectivity index (χ0v) is 13.3. The highest BCUT2D eigenvalue weighted by molar-refractivity contribution is 6.28. The minimum Gasteiger partial charge on any atom is -0.369 e. The first-order valence-electron chi connectivity index (χ1n) is 7.53. The van der Waals surface area contributed by atoms with Crippen molar-refractivity contribution in [3.8, 4) is 0 Å². The lowest BCUT2D eigenvalue weighted by molar-refractivity contribution is 0.266. The molecule has 4 nitrogen and oxygen atoms in total. The molecule has 1 aliphatic heterocycles. The van der Waals surface area contributed by atoms with Crippen LogP contribution in [-0.4, -0.2) is 40.5 Å². The van der Waals surface area contributed by atoms with E-state index in [4.69, 9.17) is 11.6 Å². The van der Waals surface area contributed by atoms with E-state index in [1.165, 1.54) is 13.0 Å². The second-order valence-corrected chi connectivity index (χ2v) is 6.32. The molecule has 0 bridgehead atoms. The number of aromatic nitrogens is 2. The Bertz CT molecular complexity index is 629. The molecule has 0 amide bonds. The molecule has 2 heterocycles. The molecule has 1 atom stereocenters. The smallest absolute Gasteiger partial charge is 0.224 e. The summed E-state index contributed by atoms with van der Waals surface area (Å²) in [6, 6.07) is 8.59. The SMILES string of the molecule is CC(C)N1CCC(CNc2nc(Cl)nc3ccccc23)C1. The molecular formula is C16H21ClN4. The number of nitrogens with one attached hydrogen (secondary N) is 1. The summed E-state index contributed by atoms with van der Waals surface area (Å²) in [7, 11) is 0. The number of halogens is 1. The van der Waals surface area contributed by atoms with Crippen molar-refractivity contribution in [2.24, 2.45) is 5.92 Å². The molecule has 21 heavy (non-hydrogen) atoms. The maximum absolute atomic E-state index is 6.01. The fourth-order valence-corrected chi connectivity index (χ4v) is 3.10. The lowest BCUT2D eigenvalue weighted by atomic mass is 10.1. The Hall–Kier alpha value is -1.39. The number of rotatable bonds is 4. The van der Waals surface area contributed by atoms with Gasteiger partial charge in [-0.1, -0.05) is 12.1 Å². The maximum atomic E-state index is 6.01. The molecule has 3 rings (SSSR count). The summed E-state index contributed by atoms with van der Waals surface area (Å²) in [5.41, 5.74) is 0.884. The van der Waals surface area contributed by atoms with Crippen LogP contribution in [0.15, 0.2) is 24.3 Å². The van der Waals surface area contributed by atoms with E-state index >= 15 is 0 Å². The Labute approximate surface area is 130 Å². The molecule has 1 aliphatic rings. The van der Waals surface area contributed by atoms with Gasteiger partial charge in [0.2, 0.25) is 5.28 Å². The molecule has 1 fully saturated rings. The van der Waals surface area contributed by atoms with Gasteiger partial charge in [-0.25, -0.2) is 9.97 Å². The van der Waals surface area contributed by atoms with Crippen LogP contribution >= 0.6 is 11.6 Å². The van der Waals surface area contributed by atoms with Crippen molar-refractivity contribution in [3.63, 3.8) is 0 Å². The van der Waals surface area contributed by atoms with Gasteiger partial charge in [-0.2, -0.15) is 0 Å². The van der Waals surface area contributed by atoms with Crippen LogP contribution in [0.4, 0.5) is 5.82 Å². The second kappa shape index (κ2) is 6.16. The average Bonchev–Trinajstić information content (AvgIpc) is 2.93. The normalized spacial score (nSPS) is 19.5. The first-order valence-corrected chi connectivity index (χ1v) is 7.91. The van der Waals surface area contributed by atoms with Gasteiger partial charge in [0, 0.05) is 24.5 Å². The predicted molar refractivity (Wildman–Crippen MR) is 87.9 cm³/mol. The van der Waals surface area contributed by atoms with Crippen molar-refractivity contribution in [1.82, 2.24) is 14.9 Å². The summed E-state index contributed by atoms with van der Waals surface area (Å²) < 4.78 is 0. The third-order valence-corrected chi connectivity index (χ3v) is 4.35. The Morgan fingerprint density at radius 2 is 2.14 bits per heavy atom. The molecule has 0 radical (unpaired) electrons. The number of para-hydroxylation sites is 1. The zero-order chi connectivity index (χ0) is 14.8. The van der Waals surface area contributed by atoms with Gasteiger partial charge in [-0.05, 0) is 56.5 Å². The maximum Gasteiger partial charge on any atom is 0.224 e. The van der Waals surface area contributed by atoms with Crippen molar-refractivity contribution in [1.29, 1.82) is 0 Å². The molecule has 0 spiro atoms. The molecule has 0 aliphatic carbocycles. The fourth-order valence-electron chi connectivity index (χ4n) is 2.92. The highest BCUT2D eigenvalue weighted by Crippen LogP contribution is 2.24. The third kappa shape index (κ3) is 3.27. The lowest BCUT2D eigenvalue weighted by Crippen LogP contribution is -2.29. The van der Waals surface area contributed by atoms with Gasteiger partial charge >= 0.3 is 0 Å². The number of nitrogens with zero attached hydrogens (tertiary/aromatic N) is 3. The first kappa shape index (κ1) is 14.5. The highest BCUT2D eigenvalue weighted by atomic mass is 35.5. The monoisotopic (exact) mass is 304 g/mol. The van der Waals surface area contributed by atoms with E-state index in [-0.39, 0.29) is 0 Å². The van der Waals surface area contributed by atoms with Gasteiger partial charge in [0.25, 0.3) is 0 Å². The molecule has 5 heteroatoms. The van der Waals surface area contributed by atoms with Gasteiger partial charge < -0.3 is 10.2 Å². The molecule has 2 aromatic rings. The molecule has 1 unspecified atom stereocenters. The molecule has 1 saturated heterocycles. The third-order valence-electron chi connectivity index (χ3n) is 4.18. The number of hydrogen-bond donors (Lipinski definition) is 1. The molecular weight excluding hydrogens is 284 g/mol. The topological polar surface area (TPSA) is 41.0 Å². The van der Waals surface area contributed by atoms with Crippen molar-refractivity contribution >= 4 is 28.3 Å². The Balaban J connectivity index is 1.71. The Kier molecular flexibility index (Phi) is 4.27. The van der Waals surface area contributed by atoms with Crippen LogP contribution in [0, 0.1) is 5.92 Å². The minimum atomic E-state index is 0.298. The highest BCUT2D eigenvalue weighted by Gasteiger charge is 2.24. The van der Waals surface area contributed by atoms with Crippen LogP contribution < -0.4 is 5.32 Å². The lowest BCUT2D eigenvalue weighted by Gasteiger charge is -2.20. The van der Waals surface area contributed by atoms with Crippen molar-refractivity contribution in [2.75, 3.05) is 25.0 Å². The predicted octanol–water partition coefficient (Wildman–Crippen LogP) is 3.43. The molecule has 1 aromatic heterocycles. The van der Waals surface area contributed by atoms with Gasteiger partial charge in [-0.15, -0.1) is 0 Å². The number of likely N-dealkylation sites (tertiary alicyclic amines) is 1. The number of fused-ring (bicyclic) bond motifs is 1. The standard InChI is InChI=1S/C16H21ClN4/c1-11(2)21-8-7-12(10-21)9-18-15-13-5-3-4-6-14(13)19-16(17)20-15/h3-6,11-12H,7-10H2,1-2H3,(H,18,19,20). The zero-order valence-electron chi connectivity index (χ0n) is 12.5. The molecule has 1 aromatic carbocycles. The summed E-state index contributed by atoms with van der Waals surface area (Å²) in [6.45, 7) is 7.79. The number of hydrogen-bond acceptors (Lipinski definition) is 4. The van der Waals surface area contributed by atoms with E-state index < -0.39 is 0 Å². The van der Waals surface area contributed by atoms with Crippen LogP contribution in [0.1, 0.15) is 20.3 Å². The van der Waals surface area contributed by atoms with Crippen LogP contribution in [0.2, 0.25) is 5.28 Å². The Morgan fingerprint density at radius 3 is 2.90 bits per heavy atom. The summed E-state index contributed by atoms with van der Waals surface area (Å²) in [5.74, 6) is 1.51.